The highest BCUT2D eigenvalue weighted by Crippen LogP contribution is 1.99. The van der Waals surface area contributed by atoms with Gasteiger partial charge in [-0.05, 0) is 24.3 Å². The summed E-state index contributed by atoms with van der Waals surface area (Å²) in [7, 11) is 0. The van der Waals surface area contributed by atoms with Crippen molar-refractivity contribution in [3.05, 3.63) is 48.8 Å². The Morgan fingerprint density at radius 1 is 0.682 bits per heavy atom. The van der Waals surface area contributed by atoms with Gasteiger partial charge in [-0.15, -0.1) is 0 Å². The molecule has 0 amide bonds. The molecule has 2 heterocycles. The number of pyridine rings is 2. The minimum Gasteiger partial charge on any atom is -0.377 e. The first-order valence-corrected chi connectivity index (χ1v) is 7.40. The van der Waals surface area contributed by atoms with Crippen LogP contribution in [0.25, 0.3) is 0 Å². The van der Waals surface area contributed by atoms with Crippen LogP contribution in [0.5, 0.6) is 0 Å². The smallest absolute Gasteiger partial charge is 0.125 e. The molecule has 0 radical (unpaired) electrons. The Morgan fingerprint density at radius 2 is 1.18 bits per heavy atom. The van der Waals surface area contributed by atoms with Crippen LogP contribution in [0.15, 0.2) is 48.8 Å². The lowest BCUT2D eigenvalue weighted by atomic mass is 10.4. The Kier molecular flexibility index (Phi) is 7.75. The summed E-state index contributed by atoms with van der Waals surface area (Å²) in [6, 6.07) is 11.5. The van der Waals surface area contributed by atoms with E-state index in [4.69, 9.17) is 9.47 Å². The normalized spacial score (nSPS) is 10.4. The van der Waals surface area contributed by atoms with Gasteiger partial charge in [-0.3, -0.25) is 0 Å². The highest BCUT2D eigenvalue weighted by Gasteiger charge is 1.94. The van der Waals surface area contributed by atoms with Crippen LogP contribution in [0.3, 0.4) is 0 Å². The SMILES string of the molecule is c1ccc(NCCOCCOCCNc2ccccn2)nc1. The predicted molar refractivity (Wildman–Crippen MR) is 87.1 cm³/mol. The summed E-state index contributed by atoms with van der Waals surface area (Å²) >= 11 is 0. The molecule has 2 rings (SSSR count). The quantitative estimate of drug-likeness (QED) is 0.619. The predicted octanol–water partition coefficient (Wildman–Crippen LogP) is 2.03. The monoisotopic (exact) mass is 302 g/mol. The van der Waals surface area contributed by atoms with E-state index in [1.807, 2.05) is 36.4 Å². The molecular weight excluding hydrogens is 280 g/mol. The first-order valence-electron chi connectivity index (χ1n) is 7.40. The number of nitrogens with zero attached hydrogens (tertiary/aromatic N) is 2. The standard InChI is InChI=1S/C16H22N4O2/c1-3-7-17-15(5-1)19-9-11-21-13-14-22-12-10-20-16-6-2-4-8-18-16/h1-8H,9-14H2,(H,17,19)(H,18,20). The van der Waals surface area contributed by atoms with Crippen LogP contribution in [-0.4, -0.2) is 49.5 Å². The van der Waals surface area contributed by atoms with E-state index in [1.54, 1.807) is 12.4 Å². The minimum atomic E-state index is 0.591. The van der Waals surface area contributed by atoms with Gasteiger partial charge in [0.15, 0.2) is 0 Å². The van der Waals surface area contributed by atoms with Crippen LogP contribution in [-0.2, 0) is 9.47 Å². The van der Waals surface area contributed by atoms with E-state index in [0.29, 0.717) is 26.4 Å². The molecule has 0 aliphatic carbocycles. The van der Waals surface area contributed by atoms with Crippen LogP contribution in [0.2, 0.25) is 0 Å². The van der Waals surface area contributed by atoms with E-state index in [0.717, 1.165) is 24.7 Å². The van der Waals surface area contributed by atoms with E-state index in [-0.39, 0.29) is 0 Å². The fourth-order valence-corrected chi connectivity index (χ4v) is 1.76. The zero-order valence-electron chi connectivity index (χ0n) is 12.6. The van der Waals surface area contributed by atoms with Crippen molar-refractivity contribution in [2.45, 2.75) is 0 Å². The van der Waals surface area contributed by atoms with Crippen LogP contribution in [0.4, 0.5) is 11.6 Å². The average Bonchev–Trinajstić information content (AvgIpc) is 2.58. The molecule has 0 bridgehead atoms. The molecule has 6 heteroatoms. The number of hydrogen-bond donors (Lipinski definition) is 2. The second-order valence-corrected chi connectivity index (χ2v) is 4.51. The molecule has 0 atom stereocenters. The molecule has 118 valence electrons. The molecule has 22 heavy (non-hydrogen) atoms. The second-order valence-electron chi connectivity index (χ2n) is 4.51. The summed E-state index contributed by atoms with van der Waals surface area (Å²) in [6.07, 6.45) is 3.52. The molecule has 0 fully saturated rings. The number of hydrogen-bond acceptors (Lipinski definition) is 6. The van der Waals surface area contributed by atoms with Gasteiger partial charge in [0, 0.05) is 25.5 Å². The fourth-order valence-electron chi connectivity index (χ4n) is 1.76. The Bertz CT molecular complexity index is 449. The van der Waals surface area contributed by atoms with Crippen LogP contribution in [0, 0.1) is 0 Å². The van der Waals surface area contributed by atoms with Gasteiger partial charge in [0.2, 0.25) is 0 Å². The van der Waals surface area contributed by atoms with E-state index in [9.17, 15) is 0 Å². The van der Waals surface area contributed by atoms with Crippen LogP contribution >= 0.6 is 0 Å². The third-order valence-electron chi connectivity index (χ3n) is 2.81. The zero-order chi connectivity index (χ0) is 15.3. The van der Waals surface area contributed by atoms with Crippen molar-refractivity contribution in [3.8, 4) is 0 Å². The van der Waals surface area contributed by atoms with Crippen molar-refractivity contribution in [1.82, 2.24) is 9.97 Å². The number of aromatic nitrogens is 2. The molecule has 0 saturated carbocycles. The number of nitrogens with one attached hydrogen (secondary N) is 2. The molecule has 0 saturated heterocycles. The van der Waals surface area contributed by atoms with E-state index in [2.05, 4.69) is 20.6 Å². The maximum absolute atomic E-state index is 5.47. The van der Waals surface area contributed by atoms with Gasteiger partial charge >= 0.3 is 0 Å². The van der Waals surface area contributed by atoms with E-state index >= 15 is 0 Å². The third kappa shape index (κ3) is 7.01. The van der Waals surface area contributed by atoms with Crippen LogP contribution < -0.4 is 10.6 Å². The Labute approximate surface area is 130 Å². The highest BCUT2D eigenvalue weighted by molar-refractivity contribution is 5.33. The van der Waals surface area contributed by atoms with Crippen molar-refractivity contribution < 1.29 is 9.47 Å². The Hall–Kier alpha value is -2.18. The summed E-state index contributed by atoms with van der Waals surface area (Å²) in [5.41, 5.74) is 0. The van der Waals surface area contributed by atoms with Gasteiger partial charge < -0.3 is 20.1 Å². The number of anilines is 2. The topological polar surface area (TPSA) is 68.3 Å². The summed E-state index contributed by atoms with van der Waals surface area (Å²) < 4.78 is 10.9. The minimum absolute atomic E-state index is 0.591. The molecule has 0 aliphatic rings. The van der Waals surface area contributed by atoms with Crippen molar-refractivity contribution in [1.29, 1.82) is 0 Å². The molecule has 2 aromatic rings. The lowest BCUT2D eigenvalue weighted by molar-refractivity contribution is 0.0556. The van der Waals surface area contributed by atoms with Gasteiger partial charge in [-0.2, -0.15) is 0 Å². The van der Waals surface area contributed by atoms with Crippen molar-refractivity contribution in [2.75, 3.05) is 50.2 Å². The summed E-state index contributed by atoms with van der Waals surface area (Å²) in [5.74, 6) is 1.73. The maximum Gasteiger partial charge on any atom is 0.125 e. The number of rotatable bonds is 11. The Balaban J connectivity index is 1.37. The second kappa shape index (κ2) is 10.5. The van der Waals surface area contributed by atoms with Gasteiger partial charge in [0.05, 0.1) is 26.4 Å². The van der Waals surface area contributed by atoms with Crippen LogP contribution in [0.1, 0.15) is 0 Å². The summed E-state index contributed by atoms with van der Waals surface area (Å²) in [5, 5.41) is 6.36. The van der Waals surface area contributed by atoms with E-state index in [1.165, 1.54) is 0 Å². The molecule has 0 spiro atoms. The Morgan fingerprint density at radius 3 is 1.59 bits per heavy atom. The maximum atomic E-state index is 5.47. The molecule has 0 aromatic carbocycles. The van der Waals surface area contributed by atoms with Gasteiger partial charge in [-0.1, -0.05) is 12.1 Å². The van der Waals surface area contributed by atoms with Crippen molar-refractivity contribution in [2.24, 2.45) is 0 Å². The van der Waals surface area contributed by atoms with Gasteiger partial charge in [0.1, 0.15) is 11.6 Å². The first kappa shape index (κ1) is 16.2. The third-order valence-corrected chi connectivity index (χ3v) is 2.81. The largest absolute Gasteiger partial charge is 0.377 e. The lowest BCUT2D eigenvalue weighted by Crippen LogP contribution is -2.15. The van der Waals surface area contributed by atoms with Gasteiger partial charge in [0.25, 0.3) is 0 Å². The van der Waals surface area contributed by atoms with Crippen molar-refractivity contribution >= 4 is 11.6 Å². The molecule has 6 nitrogen and oxygen atoms in total. The molecular formula is C16H22N4O2. The zero-order valence-corrected chi connectivity index (χ0v) is 12.6. The molecule has 0 unspecified atom stereocenters. The lowest BCUT2D eigenvalue weighted by Gasteiger charge is -2.08. The summed E-state index contributed by atoms with van der Waals surface area (Å²) in [4.78, 5) is 8.34. The first-order chi connectivity index (χ1) is 10.9. The molecule has 2 aromatic heterocycles. The fraction of sp³-hybridized carbons (Fsp3) is 0.375. The molecule has 2 N–H and O–H groups in total. The van der Waals surface area contributed by atoms with Gasteiger partial charge in [-0.25, -0.2) is 9.97 Å². The van der Waals surface area contributed by atoms with E-state index < -0.39 is 0 Å². The number of ether oxygens (including phenoxy) is 2. The average molecular weight is 302 g/mol. The van der Waals surface area contributed by atoms with Crippen molar-refractivity contribution in [3.63, 3.8) is 0 Å². The highest BCUT2D eigenvalue weighted by atomic mass is 16.5. The summed E-state index contributed by atoms with van der Waals surface area (Å²) in [6.45, 7) is 3.91. The molecule has 0 aliphatic heterocycles.